The minimum absolute atomic E-state index is 0.0330. The lowest BCUT2D eigenvalue weighted by atomic mass is 9.93. The van der Waals surface area contributed by atoms with Gasteiger partial charge in [-0.2, -0.15) is 52.7 Å². The maximum absolute atomic E-state index is 14.4. The van der Waals surface area contributed by atoms with Gasteiger partial charge in [0.05, 0.1) is 103 Å². The third-order valence-electron chi connectivity index (χ3n) is 13.2. The van der Waals surface area contributed by atoms with Crippen LogP contribution in [-0.4, -0.2) is 9.13 Å². The molecule has 11 rings (SSSR count). The first-order valence-electron chi connectivity index (χ1n) is 22.6. The van der Waals surface area contributed by atoms with Crippen LogP contribution in [0.3, 0.4) is 0 Å². The van der Waals surface area contributed by atoms with Gasteiger partial charge < -0.3 is 9.13 Å². The minimum atomic E-state index is -5.12. The van der Waals surface area contributed by atoms with Crippen LogP contribution < -0.4 is 0 Å². The Labute approximate surface area is 417 Å². The van der Waals surface area contributed by atoms with E-state index in [0.29, 0.717) is 90.1 Å². The van der Waals surface area contributed by atoms with E-state index < -0.39 is 23.5 Å². The summed E-state index contributed by atoms with van der Waals surface area (Å²) in [6.07, 6.45) is -10.2. The van der Waals surface area contributed by atoms with Crippen LogP contribution in [-0.2, 0) is 12.4 Å². The van der Waals surface area contributed by atoms with Crippen molar-refractivity contribution in [1.29, 1.82) is 26.3 Å². The molecule has 13 heteroatoms. The van der Waals surface area contributed by atoms with E-state index in [1.807, 2.05) is 94.1 Å². The number of nitriles is 5. The number of rotatable bonds is 6. The molecular formula is C61H29F6N7. The molecule has 2 aromatic heterocycles. The van der Waals surface area contributed by atoms with Crippen LogP contribution in [0.5, 0.6) is 0 Å². The largest absolute Gasteiger partial charge is 0.416 e. The van der Waals surface area contributed by atoms with E-state index in [0.717, 1.165) is 32.6 Å². The highest BCUT2D eigenvalue weighted by Crippen LogP contribution is 2.45. The van der Waals surface area contributed by atoms with E-state index in [1.54, 1.807) is 54.6 Å². The molecule has 0 radical (unpaired) electrons. The monoisotopic (exact) mass is 973 g/mol. The highest BCUT2D eigenvalue weighted by atomic mass is 19.4. The molecule has 11 aromatic rings. The van der Waals surface area contributed by atoms with Crippen molar-refractivity contribution >= 4 is 43.6 Å². The molecule has 0 aliphatic heterocycles. The molecule has 0 amide bonds. The van der Waals surface area contributed by atoms with Crippen molar-refractivity contribution in [3.8, 4) is 86.2 Å². The van der Waals surface area contributed by atoms with Gasteiger partial charge in [0.1, 0.15) is 0 Å². The van der Waals surface area contributed by atoms with Gasteiger partial charge in [0.2, 0.25) is 0 Å². The number of aromatic nitrogens is 2. The SMILES string of the molecule is N#Cc1cc(C#N)cc(-c2ccc3c(c2)c2ccccc2n3-c2ccc(C#N)cc2-c2cc(-c3cc(C(F)(F)F)cc(C(F)(F)F)c3)ccc2-n2c3ccccc3c3cc(-c4cc(C#N)cc(C#N)c4)ccc32)c1. The molecule has 0 unspecified atom stereocenters. The fourth-order valence-corrected chi connectivity index (χ4v) is 9.93. The van der Waals surface area contributed by atoms with Crippen LogP contribution in [0.1, 0.15) is 38.9 Å². The Hall–Kier alpha value is -10.4. The Morgan fingerprint density at radius 2 is 0.662 bits per heavy atom. The molecule has 0 spiro atoms. The first-order valence-corrected chi connectivity index (χ1v) is 22.6. The zero-order chi connectivity index (χ0) is 51.6. The molecule has 0 saturated carbocycles. The van der Waals surface area contributed by atoms with Gasteiger partial charge in [0.25, 0.3) is 0 Å². The number of nitrogens with zero attached hydrogens (tertiary/aromatic N) is 7. The van der Waals surface area contributed by atoms with Gasteiger partial charge in [-0.05, 0) is 155 Å². The Kier molecular flexibility index (Phi) is 10.9. The predicted molar refractivity (Wildman–Crippen MR) is 270 cm³/mol. The standard InChI is InChI=1S/C61H29F6N7/c62-60(63,64)46-24-45(25-47(29-46)61(65,66)67)42-12-16-59(74-55-8-4-2-6-49(55)52-27-41(11-15-58(52)74)44-21-38(33-71)18-39(22-44)34-72)53(28-42)50-23-35(30-68)9-13-56(50)73-54-7-3-1-5-48(54)51-26-40(10-14-57(51)73)43-19-36(31-69)17-37(20-43)32-70/h1-29H. The van der Waals surface area contributed by atoms with E-state index in [9.17, 15) is 52.7 Å². The quantitative estimate of drug-likeness (QED) is 0.153. The van der Waals surface area contributed by atoms with E-state index in [4.69, 9.17) is 0 Å². The highest BCUT2D eigenvalue weighted by Gasteiger charge is 2.37. The van der Waals surface area contributed by atoms with Crippen molar-refractivity contribution in [3.05, 3.63) is 215 Å². The average molecular weight is 974 g/mol. The maximum Gasteiger partial charge on any atom is 0.416 e. The van der Waals surface area contributed by atoms with Crippen molar-refractivity contribution in [2.24, 2.45) is 0 Å². The second kappa shape index (κ2) is 17.5. The Balaban J connectivity index is 1.22. The fourth-order valence-electron chi connectivity index (χ4n) is 9.93. The molecule has 7 nitrogen and oxygen atoms in total. The number of hydrogen-bond donors (Lipinski definition) is 0. The van der Waals surface area contributed by atoms with Crippen molar-refractivity contribution in [1.82, 2.24) is 9.13 Å². The molecule has 0 aliphatic carbocycles. The lowest BCUT2D eigenvalue weighted by Crippen LogP contribution is -2.11. The van der Waals surface area contributed by atoms with Gasteiger partial charge >= 0.3 is 12.4 Å². The lowest BCUT2D eigenvalue weighted by molar-refractivity contribution is -0.143. The molecular weight excluding hydrogens is 945 g/mol. The zero-order valence-electron chi connectivity index (χ0n) is 38.1. The fraction of sp³-hybridized carbons (Fsp3) is 0.0328. The van der Waals surface area contributed by atoms with Crippen molar-refractivity contribution in [3.63, 3.8) is 0 Å². The Morgan fingerprint density at radius 1 is 0.297 bits per heavy atom. The summed E-state index contributed by atoms with van der Waals surface area (Å²) in [6.45, 7) is 0. The third-order valence-corrected chi connectivity index (χ3v) is 13.2. The minimum Gasteiger partial charge on any atom is -0.309 e. The second-order valence-corrected chi connectivity index (χ2v) is 17.6. The summed E-state index contributed by atoms with van der Waals surface area (Å²) in [7, 11) is 0. The molecule has 0 fully saturated rings. The van der Waals surface area contributed by atoms with Gasteiger partial charge in [0.15, 0.2) is 0 Å². The van der Waals surface area contributed by atoms with Gasteiger partial charge in [-0.25, -0.2) is 0 Å². The number of benzene rings is 9. The van der Waals surface area contributed by atoms with E-state index in [2.05, 4.69) is 30.3 Å². The molecule has 74 heavy (non-hydrogen) atoms. The molecule has 0 atom stereocenters. The van der Waals surface area contributed by atoms with Gasteiger partial charge in [-0.15, -0.1) is 0 Å². The van der Waals surface area contributed by atoms with Crippen molar-refractivity contribution < 1.29 is 26.3 Å². The van der Waals surface area contributed by atoms with Crippen molar-refractivity contribution in [2.75, 3.05) is 0 Å². The van der Waals surface area contributed by atoms with Crippen LogP contribution in [0.15, 0.2) is 176 Å². The molecule has 0 bridgehead atoms. The van der Waals surface area contributed by atoms with Crippen LogP contribution >= 0.6 is 0 Å². The van der Waals surface area contributed by atoms with Crippen LogP contribution in [0.25, 0.3) is 99.5 Å². The normalized spacial score (nSPS) is 11.6. The number of para-hydroxylation sites is 2. The first-order chi connectivity index (χ1) is 35.7. The summed E-state index contributed by atoms with van der Waals surface area (Å²) < 4.78 is 90.6. The van der Waals surface area contributed by atoms with Crippen molar-refractivity contribution in [2.45, 2.75) is 12.4 Å². The molecule has 350 valence electrons. The summed E-state index contributed by atoms with van der Waals surface area (Å²) >= 11 is 0. The zero-order valence-corrected chi connectivity index (χ0v) is 38.1. The summed E-state index contributed by atoms with van der Waals surface area (Å²) in [5.41, 5.74) is 5.42. The number of hydrogen-bond acceptors (Lipinski definition) is 5. The summed E-state index contributed by atoms with van der Waals surface area (Å²) in [5.74, 6) is 0. The average Bonchev–Trinajstić information content (AvgIpc) is 3.94. The molecule has 0 N–H and O–H groups in total. The van der Waals surface area contributed by atoms with Gasteiger partial charge in [-0.3, -0.25) is 0 Å². The molecule has 0 aliphatic rings. The van der Waals surface area contributed by atoms with E-state index in [1.165, 1.54) is 18.2 Å². The molecule has 9 aromatic carbocycles. The number of fused-ring (bicyclic) bond motifs is 6. The van der Waals surface area contributed by atoms with Crippen LogP contribution in [0.2, 0.25) is 0 Å². The summed E-state index contributed by atoms with van der Waals surface area (Å²) in [5, 5.41) is 52.8. The van der Waals surface area contributed by atoms with Gasteiger partial charge in [-0.1, -0.05) is 54.6 Å². The highest BCUT2D eigenvalue weighted by molar-refractivity contribution is 6.13. The Bertz CT molecular complexity index is 4330. The third kappa shape index (κ3) is 7.87. The maximum atomic E-state index is 14.4. The van der Waals surface area contributed by atoms with Crippen LogP contribution in [0, 0.1) is 56.7 Å². The summed E-state index contributed by atoms with van der Waals surface area (Å²) in [4.78, 5) is 0. The van der Waals surface area contributed by atoms with E-state index in [-0.39, 0.29) is 22.8 Å². The second-order valence-electron chi connectivity index (χ2n) is 17.6. The van der Waals surface area contributed by atoms with Crippen LogP contribution in [0.4, 0.5) is 26.3 Å². The smallest absolute Gasteiger partial charge is 0.309 e. The first kappa shape index (κ1) is 46.0. The predicted octanol–water partition coefficient (Wildman–Crippen LogP) is 15.9. The number of halogens is 6. The topological polar surface area (TPSA) is 129 Å². The van der Waals surface area contributed by atoms with Gasteiger partial charge in [0, 0.05) is 32.7 Å². The summed E-state index contributed by atoms with van der Waals surface area (Å²) in [6, 6.07) is 58.2. The Morgan fingerprint density at radius 3 is 1.09 bits per heavy atom. The number of alkyl halides is 6. The molecule has 2 heterocycles. The molecule has 0 saturated heterocycles. The van der Waals surface area contributed by atoms with E-state index >= 15 is 0 Å². The lowest BCUT2D eigenvalue weighted by Gasteiger charge is -2.21.